The van der Waals surface area contributed by atoms with Crippen molar-refractivity contribution in [2.45, 2.75) is 6.18 Å². The van der Waals surface area contributed by atoms with Crippen LogP contribution >= 0.6 is 15.9 Å². The lowest BCUT2D eigenvalue weighted by Gasteiger charge is -2.11. The molecular formula is C8H7BrF3NO. The summed E-state index contributed by atoms with van der Waals surface area (Å²) in [7, 11) is 0. The van der Waals surface area contributed by atoms with Gasteiger partial charge in [0.15, 0.2) is 0 Å². The van der Waals surface area contributed by atoms with Crippen LogP contribution in [0.3, 0.4) is 0 Å². The number of rotatable bonds is 3. The minimum absolute atomic E-state index is 0.188. The predicted octanol–water partition coefficient (Wildman–Crippen LogP) is 2.87. The summed E-state index contributed by atoms with van der Waals surface area (Å²) in [6, 6.07) is 1.20. The summed E-state index contributed by atoms with van der Waals surface area (Å²) in [6.07, 6.45) is -2.40. The maximum Gasteiger partial charge on any atom is 0.421 e. The Balaban J connectivity index is 2.92. The summed E-state index contributed by atoms with van der Waals surface area (Å²) in [6.45, 7) is 0.188. The zero-order valence-corrected chi connectivity index (χ0v) is 8.60. The van der Waals surface area contributed by atoms with Crippen molar-refractivity contribution < 1.29 is 17.9 Å². The van der Waals surface area contributed by atoms with Gasteiger partial charge in [0.2, 0.25) is 0 Å². The third-order valence-corrected chi connectivity index (χ3v) is 1.74. The summed E-state index contributed by atoms with van der Waals surface area (Å²) < 4.78 is 41.9. The van der Waals surface area contributed by atoms with Crippen molar-refractivity contribution >= 4 is 15.9 Å². The van der Waals surface area contributed by atoms with Crippen LogP contribution in [-0.2, 0) is 6.18 Å². The second-order valence-corrected chi connectivity index (χ2v) is 3.20. The highest BCUT2D eigenvalue weighted by molar-refractivity contribution is 9.09. The van der Waals surface area contributed by atoms with E-state index >= 15 is 0 Å². The van der Waals surface area contributed by atoms with Gasteiger partial charge in [-0.25, -0.2) is 0 Å². The van der Waals surface area contributed by atoms with Crippen molar-refractivity contribution in [1.82, 2.24) is 4.98 Å². The van der Waals surface area contributed by atoms with Crippen molar-refractivity contribution in [3.8, 4) is 5.75 Å². The molecule has 0 atom stereocenters. The first-order valence-corrected chi connectivity index (χ1v) is 4.88. The lowest BCUT2D eigenvalue weighted by atomic mass is 10.2. The summed E-state index contributed by atoms with van der Waals surface area (Å²) in [4.78, 5) is 3.41. The monoisotopic (exact) mass is 269 g/mol. The highest BCUT2D eigenvalue weighted by Crippen LogP contribution is 2.35. The van der Waals surface area contributed by atoms with Crippen molar-refractivity contribution in [3.63, 3.8) is 0 Å². The molecule has 0 saturated heterocycles. The number of ether oxygens (including phenoxy) is 1. The van der Waals surface area contributed by atoms with Crippen LogP contribution < -0.4 is 4.74 Å². The molecule has 78 valence electrons. The maximum atomic E-state index is 12.3. The number of hydrogen-bond donors (Lipinski definition) is 0. The summed E-state index contributed by atoms with van der Waals surface area (Å²) in [5, 5.41) is 0.479. The second-order valence-electron chi connectivity index (χ2n) is 2.41. The van der Waals surface area contributed by atoms with Crippen LogP contribution in [0.5, 0.6) is 5.75 Å². The van der Waals surface area contributed by atoms with Crippen LogP contribution in [0.2, 0.25) is 0 Å². The Morgan fingerprint density at radius 3 is 2.71 bits per heavy atom. The fourth-order valence-corrected chi connectivity index (χ4v) is 1.03. The second kappa shape index (κ2) is 4.63. The number of alkyl halides is 4. The third-order valence-electron chi connectivity index (χ3n) is 1.42. The molecule has 0 aliphatic heterocycles. The molecule has 0 radical (unpaired) electrons. The number of hydrogen-bond acceptors (Lipinski definition) is 2. The number of halogens is 4. The molecule has 1 aromatic rings. The van der Waals surface area contributed by atoms with Gasteiger partial charge in [-0.3, -0.25) is 4.98 Å². The highest BCUT2D eigenvalue weighted by Gasteiger charge is 2.34. The number of aromatic nitrogens is 1. The standard InChI is InChI=1S/C8H7BrF3NO/c9-2-4-14-7-1-3-13-5-6(7)8(10,11)12/h1,3,5H,2,4H2. The van der Waals surface area contributed by atoms with Gasteiger partial charge in [-0.05, 0) is 6.07 Å². The van der Waals surface area contributed by atoms with Crippen LogP contribution in [0.1, 0.15) is 5.56 Å². The molecule has 0 amide bonds. The number of nitrogens with zero attached hydrogens (tertiary/aromatic N) is 1. The zero-order valence-electron chi connectivity index (χ0n) is 7.01. The smallest absolute Gasteiger partial charge is 0.421 e. The fourth-order valence-electron chi connectivity index (χ4n) is 0.869. The molecule has 0 spiro atoms. The van der Waals surface area contributed by atoms with E-state index in [1.54, 1.807) is 0 Å². The lowest BCUT2D eigenvalue weighted by molar-refractivity contribution is -0.139. The Morgan fingerprint density at radius 1 is 1.43 bits per heavy atom. The van der Waals surface area contributed by atoms with Crippen LogP contribution in [0.4, 0.5) is 13.2 Å². The first-order chi connectivity index (χ1) is 6.55. The molecule has 0 fully saturated rings. The Morgan fingerprint density at radius 2 is 2.14 bits per heavy atom. The van der Waals surface area contributed by atoms with Crippen LogP contribution in [0.25, 0.3) is 0 Å². The minimum Gasteiger partial charge on any atom is -0.492 e. The van der Waals surface area contributed by atoms with E-state index < -0.39 is 11.7 Å². The first kappa shape index (κ1) is 11.3. The van der Waals surface area contributed by atoms with E-state index in [0.717, 1.165) is 6.20 Å². The lowest BCUT2D eigenvalue weighted by Crippen LogP contribution is -2.10. The van der Waals surface area contributed by atoms with E-state index in [1.807, 2.05) is 0 Å². The molecule has 14 heavy (non-hydrogen) atoms. The minimum atomic E-state index is -4.42. The molecule has 2 nitrogen and oxygen atoms in total. The van der Waals surface area contributed by atoms with Crippen molar-refractivity contribution in [1.29, 1.82) is 0 Å². The average molecular weight is 270 g/mol. The predicted molar refractivity (Wildman–Crippen MR) is 48.5 cm³/mol. The molecule has 0 unspecified atom stereocenters. The molecule has 0 bridgehead atoms. The molecule has 0 aliphatic carbocycles. The van der Waals surface area contributed by atoms with Gasteiger partial charge >= 0.3 is 6.18 Å². The summed E-state index contributed by atoms with van der Waals surface area (Å²) in [5.41, 5.74) is -0.846. The molecular weight excluding hydrogens is 263 g/mol. The topological polar surface area (TPSA) is 22.1 Å². The Labute approximate surface area is 87.2 Å². The van der Waals surface area contributed by atoms with Crippen LogP contribution in [0.15, 0.2) is 18.5 Å². The summed E-state index contributed by atoms with van der Waals surface area (Å²) >= 11 is 3.06. The van der Waals surface area contributed by atoms with E-state index in [0.29, 0.717) is 5.33 Å². The largest absolute Gasteiger partial charge is 0.492 e. The van der Waals surface area contributed by atoms with Gasteiger partial charge in [0.1, 0.15) is 11.3 Å². The Kier molecular flexibility index (Phi) is 3.74. The molecule has 6 heteroatoms. The first-order valence-electron chi connectivity index (χ1n) is 3.75. The van der Waals surface area contributed by atoms with Gasteiger partial charge < -0.3 is 4.74 Å². The molecule has 0 aliphatic rings. The van der Waals surface area contributed by atoms with Gasteiger partial charge in [0, 0.05) is 17.7 Å². The van der Waals surface area contributed by atoms with E-state index in [9.17, 15) is 13.2 Å². The average Bonchev–Trinajstić information content (AvgIpc) is 2.14. The third kappa shape index (κ3) is 2.87. The highest BCUT2D eigenvalue weighted by atomic mass is 79.9. The fraction of sp³-hybridized carbons (Fsp3) is 0.375. The van der Waals surface area contributed by atoms with Gasteiger partial charge in [0.25, 0.3) is 0 Å². The molecule has 1 aromatic heterocycles. The summed E-state index contributed by atoms with van der Waals surface area (Å²) in [5.74, 6) is -0.188. The zero-order chi connectivity index (χ0) is 10.6. The molecule has 1 heterocycles. The van der Waals surface area contributed by atoms with Crippen LogP contribution in [0, 0.1) is 0 Å². The quantitative estimate of drug-likeness (QED) is 0.788. The van der Waals surface area contributed by atoms with E-state index in [-0.39, 0.29) is 12.4 Å². The van der Waals surface area contributed by atoms with E-state index in [4.69, 9.17) is 4.74 Å². The maximum absolute atomic E-state index is 12.3. The normalized spacial score (nSPS) is 11.4. The van der Waals surface area contributed by atoms with Gasteiger partial charge in [0.05, 0.1) is 6.61 Å². The van der Waals surface area contributed by atoms with Crippen molar-refractivity contribution in [2.75, 3.05) is 11.9 Å². The SMILES string of the molecule is FC(F)(F)c1cnccc1OCCBr. The van der Waals surface area contributed by atoms with Crippen molar-refractivity contribution in [2.24, 2.45) is 0 Å². The van der Waals surface area contributed by atoms with Crippen LogP contribution in [-0.4, -0.2) is 16.9 Å². The van der Waals surface area contributed by atoms with Gasteiger partial charge in [-0.15, -0.1) is 0 Å². The van der Waals surface area contributed by atoms with Gasteiger partial charge in [-0.1, -0.05) is 15.9 Å². The van der Waals surface area contributed by atoms with E-state index in [1.165, 1.54) is 12.3 Å². The molecule has 0 aromatic carbocycles. The van der Waals surface area contributed by atoms with Crippen molar-refractivity contribution in [3.05, 3.63) is 24.0 Å². The molecule has 1 rings (SSSR count). The van der Waals surface area contributed by atoms with E-state index in [2.05, 4.69) is 20.9 Å². The van der Waals surface area contributed by atoms with Gasteiger partial charge in [-0.2, -0.15) is 13.2 Å². The molecule has 0 N–H and O–H groups in total. The Bertz CT molecular complexity index is 303. The Hall–Kier alpha value is -0.780. The number of pyridine rings is 1. The molecule has 0 saturated carbocycles.